The molecule has 16 heavy (non-hydrogen) atoms. The number of aromatic nitrogens is 2. The molecule has 1 aromatic rings. The first kappa shape index (κ1) is 11.8. The van der Waals surface area contributed by atoms with E-state index in [0.29, 0.717) is 5.92 Å². The fraction of sp³-hybridized carbons (Fsp3) is 0.667. The fourth-order valence-electron chi connectivity index (χ4n) is 1.75. The molecule has 0 spiro atoms. The molecule has 1 aromatic heterocycles. The Labute approximate surface area is 101 Å². The van der Waals surface area contributed by atoms with E-state index in [1.807, 2.05) is 0 Å². The van der Waals surface area contributed by atoms with E-state index in [2.05, 4.69) is 30.7 Å². The van der Waals surface area contributed by atoms with E-state index in [1.54, 1.807) is 6.33 Å². The van der Waals surface area contributed by atoms with E-state index in [-0.39, 0.29) is 5.41 Å². The van der Waals surface area contributed by atoms with Crippen LogP contribution in [0.4, 0.5) is 0 Å². The number of ether oxygens (including phenoxy) is 1. The van der Waals surface area contributed by atoms with Crippen LogP contribution in [0.5, 0.6) is 0 Å². The van der Waals surface area contributed by atoms with Gasteiger partial charge in [-0.15, -0.1) is 0 Å². The van der Waals surface area contributed by atoms with Gasteiger partial charge in [-0.25, -0.2) is 9.97 Å². The molecule has 2 rings (SSSR count). The normalized spacial score (nSPS) is 17.2. The molecular formula is C12H17ClN2O. The van der Waals surface area contributed by atoms with Gasteiger partial charge >= 0.3 is 0 Å². The lowest BCUT2D eigenvalue weighted by Gasteiger charge is -2.26. The SMILES string of the molecule is CC(C)(C)c1ncnc(CC2COC2)c1Cl. The second-order valence-corrected chi connectivity index (χ2v) is 5.72. The zero-order chi connectivity index (χ0) is 11.8. The summed E-state index contributed by atoms with van der Waals surface area (Å²) in [5.41, 5.74) is 1.85. The van der Waals surface area contributed by atoms with Crippen LogP contribution in [0.15, 0.2) is 6.33 Å². The Morgan fingerprint density at radius 3 is 2.56 bits per heavy atom. The number of halogens is 1. The molecule has 1 fully saturated rings. The van der Waals surface area contributed by atoms with Crippen LogP contribution in [0.2, 0.25) is 5.02 Å². The summed E-state index contributed by atoms with van der Waals surface area (Å²) >= 11 is 6.35. The van der Waals surface area contributed by atoms with Crippen LogP contribution < -0.4 is 0 Å². The van der Waals surface area contributed by atoms with Crippen LogP contribution in [0.3, 0.4) is 0 Å². The van der Waals surface area contributed by atoms with E-state index >= 15 is 0 Å². The smallest absolute Gasteiger partial charge is 0.116 e. The lowest BCUT2D eigenvalue weighted by Crippen LogP contribution is -2.30. The van der Waals surface area contributed by atoms with Gasteiger partial charge in [-0.2, -0.15) is 0 Å². The predicted octanol–water partition coefficient (Wildman–Crippen LogP) is 2.62. The Balaban J connectivity index is 2.25. The van der Waals surface area contributed by atoms with Crippen LogP contribution in [-0.2, 0) is 16.6 Å². The minimum absolute atomic E-state index is 0.0368. The van der Waals surface area contributed by atoms with Crippen molar-refractivity contribution in [2.75, 3.05) is 13.2 Å². The van der Waals surface area contributed by atoms with E-state index in [4.69, 9.17) is 16.3 Å². The van der Waals surface area contributed by atoms with Crippen molar-refractivity contribution in [2.24, 2.45) is 5.92 Å². The maximum atomic E-state index is 6.35. The minimum Gasteiger partial charge on any atom is -0.381 e. The first-order valence-corrected chi connectivity index (χ1v) is 5.94. The Morgan fingerprint density at radius 2 is 2.06 bits per heavy atom. The maximum Gasteiger partial charge on any atom is 0.116 e. The van der Waals surface area contributed by atoms with Gasteiger partial charge in [0.15, 0.2) is 0 Å². The predicted molar refractivity (Wildman–Crippen MR) is 63.8 cm³/mol. The molecule has 3 nitrogen and oxygen atoms in total. The molecule has 0 radical (unpaired) electrons. The Kier molecular flexibility index (Phi) is 3.17. The molecule has 0 atom stereocenters. The average Bonchev–Trinajstić information content (AvgIpc) is 2.11. The van der Waals surface area contributed by atoms with Crippen molar-refractivity contribution in [1.82, 2.24) is 9.97 Å². The molecule has 1 saturated heterocycles. The third-order valence-electron chi connectivity index (χ3n) is 2.76. The molecule has 0 unspecified atom stereocenters. The van der Waals surface area contributed by atoms with Gasteiger partial charge in [-0.05, 0) is 6.42 Å². The van der Waals surface area contributed by atoms with E-state index in [1.165, 1.54) is 0 Å². The fourth-order valence-corrected chi connectivity index (χ4v) is 2.21. The number of hydrogen-bond donors (Lipinski definition) is 0. The van der Waals surface area contributed by atoms with Gasteiger partial charge in [0.25, 0.3) is 0 Å². The molecule has 88 valence electrons. The summed E-state index contributed by atoms with van der Waals surface area (Å²) in [7, 11) is 0. The molecule has 0 N–H and O–H groups in total. The van der Waals surface area contributed by atoms with Crippen LogP contribution in [0.1, 0.15) is 32.2 Å². The summed E-state index contributed by atoms with van der Waals surface area (Å²) < 4.78 is 5.16. The zero-order valence-electron chi connectivity index (χ0n) is 9.96. The van der Waals surface area contributed by atoms with Gasteiger partial charge < -0.3 is 4.74 Å². The molecule has 1 aliphatic heterocycles. The maximum absolute atomic E-state index is 6.35. The lowest BCUT2D eigenvalue weighted by molar-refractivity contribution is -0.0316. The molecule has 0 aromatic carbocycles. The Bertz CT molecular complexity index is 383. The molecule has 0 bridgehead atoms. The quantitative estimate of drug-likeness (QED) is 0.797. The van der Waals surface area contributed by atoms with Crippen molar-refractivity contribution in [3.63, 3.8) is 0 Å². The van der Waals surface area contributed by atoms with Crippen molar-refractivity contribution in [3.05, 3.63) is 22.7 Å². The van der Waals surface area contributed by atoms with Crippen LogP contribution in [0, 0.1) is 5.92 Å². The highest BCUT2D eigenvalue weighted by atomic mass is 35.5. The van der Waals surface area contributed by atoms with Gasteiger partial charge in [0.05, 0.1) is 29.6 Å². The standard InChI is InChI=1S/C12H17ClN2O/c1-12(2,3)11-10(13)9(14-7-15-11)4-8-5-16-6-8/h7-8H,4-6H2,1-3H3. The van der Waals surface area contributed by atoms with Crippen molar-refractivity contribution >= 4 is 11.6 Å². The average molecular weight is 241 g/mol. The van der Waals surface area contributed by atoms with E-state index < -0.39 is 0 Å². The summed E-state index contributed by atoms with van der Waals surface area (Å²) in [5, 5.41) is 0.724. The lowest BCUT2D eigenvalue weighted by atomic mass is 9.90. The molecule has 4 heteroatoms. The van der Waals surface area contributed by atoms with Gasteiger partial charge in [-0.3, -0.25) is 0 Å². The highest BCUT2D eigenvalue weighted by Gasteiger charge is 2.25. The Hall–Kier alpha value is -0.670. The first-order chi connectivity index (χ1) is 7.48. The van der Waals surface area contributed by atoms with Gasteiger partial charge in [-0.1, -0.05) is 32.4 Å². The van der Waals surface area contributed by atoms with Gasteiger partial charge in [0, 0.05) is 11.3 Å². The van der Waals surface area contributed by atoms with Crippen molar-refractivity contribution in [3.8, 4) is 0 Å². The van der Waals surface area contributed by atoms with Crippen molar-refractivity contribution in [2.45, 2.75) is 32.6 Å². The third kappa shape index (κ3) is 2.36. The summed E-state index contributed by atoms with van der Waals surface area (Å²) in [6.07, 6.45) is 2.51. The van der Waals surface area contributed by atoms with E-state index in [9.17, 15) is 0 Å². The van der Waals surface area contributed by atoms with Crippen LogP contribution in [0.25, 0.3) is 0 Å². The van der Waals surface area contributed by atoms with Crippen molar-refractivity contribution < 1.29 is 4.74 Å². The van der Waals surface area contributed by atoms with Crippen LogP contribution >= 0.6 is 11.6 Å². The number of hydrogen-bond acceptors (Lipinski definition) is 3. The topological polar surface area (TPSA) is 35.0 Å². The first-order valence-electron chi connectivity index (χ1n) is 5.56. The van der Waals surface area contributed by atoms with Crippen molar-refractivity contribution in [1.29, 1.82) is 0 Å². The molecule has 0 amide bonds. The second kappa shape index (κ2) is 4.30. The number of rotatable bonds is 2. The molecule has 1 aliphatic rings. The van der Waals surface area contributed by atoms with Gasteiger partial charge in [0.1, 0.15) is 6.33 Å². The monoisotopic (exact) mass is 240 g/mol. The third-order valence-corrected chi connectivity index (χ3v) is 3.16. The molecule has 0 aliphatic carbocycles. The highest BCUT2D eigenvalue weighted by molar-refractivity contribution is 6.31. The van der Waals surface area contributed by atoms with Crippen LogP contribution in [-0.4, -0.2) is 23.2 Å². The molecule has 0 saturated carbocycles. The van der Waals surface area contributed by atoms with E-state index in [0.717, 1.165) is 36.0 Å². The second-order valence-electron chi connectivity index (χ2n) is 5.34. The molecular weight excluding hydrogens is 224 g/mol. The summed E-state index contributed by atoms with van der Waals surface area (Å²) in [6.45, 7) is 7.97. The largest absolute Gasteiger partial charge is 0.381 e. The summed E-state index contributed by atoms with van der Waals surface area (Å²) in [5.74, 6) is 0.570. The summed E-state index contributed by atoms with van der Waals surface area (Å²) in [6, 6.07) is 0. The van der Waals surface area contributed by atoms with Gasteiger partial charge in [0.2, 0.25) is 0 Å². The summed E-state index contributed by atoms with van der Waals surface area (Å²) in [4.78, 5) is 8.56. The number of nitrogens with zero attached hydrogens (tertiary/aromatic N) is 2. The Morgan fingerprint density at radius 1 is 1.38 bits per heavy atom. The highest BCUT2D eigenvalue weighted by Crippen LogP contribution is 2.30. The minimum atomic E-state index is -0.0368. The molecule has 2 heterocycles. The zero-order valence-corrected chi connectivity index (χ0v) is 10.7.